The van der Waals surface area contributed by atoms with Gasteiger partial charge >= 0.3 is 5.97 Å². The summed E-state index contributed by atoms with van der Waals surface area (Å²) in [5.74, 6) is -1.05. The van der Waals surface area contributed by atoms with Crippen molar-refractivity contribution in [2.75, 3.05) is 13.2 Å². The Hall–Kier alpha value is -2.21. The molecular formula is C20H22FNO3S. The Morgan fingerprint density at radius 1 is 1.12 bits per heavy atom. The van der Waals surface area contributed by atoms with Crippen LogP contribution in [0.1, 0.15) is 44.9 Å². The molecule has 0 aliphatic heterocycles. The van der Waals surface area contributed by atoms with Gasteiger partial charge in [0.05, 0.1) is 0 Å². The molecular weight excluding hydrogens is 353 g/mol. The maximum Gasteiger partial charge on any atom is 0.348 e. The van der Waals surface area contributed by atoms with Crippen molar-refractivity contribution in [1.82, 2.24) is 5.32 Å². The van der Waals surface area contributed by atoms with Gasteiger partial charge in [0.2, 0.25) is 0 Å². The van der Waals surface area contributed by atoms with Gasteiger partial charge in [0.1, 0.15) is 10.7 Å². The van der Waals surface area contributed by atoms with Gasteiger partial charge in [0, 0.05) is 11.4 Å². The molecule has 1 aliphatic rings. The Morgan fingerprint density at radius 3 is 2.69 bits per heavy atom. The number of benzene rings is 1. The Balaban J connectivity index is 1.41. The topological polar surface area (TPSA) is 55.4 Å². The van der Waals surface area contributed by atoms with Gasteiger partial charge in [-0.3, -0.25) is 4.79 Å². The third-order valence-electron chi connectivity index (χ3n) is 4.43. The fourth-order valence-corrected chi connectivity index (χ4v) is 4.17. The van der Waals surface area contributed by atoms with Crippen molar-refractivity contribution in [1.29, 1.82) is 0 Å². The second-order valence-electron chi connectivity index (χ2n) is 6.42. The smallest absolute Gasteiger partial charge is 0.348 e. The number of carbonyl (C=O) groups excluding carboxylic acids is 2. The van der Waals surface area contributed by atoms with Crippen LogP contribution in [0.15, 0.2) is 30.3 Å². The molecule has 4 nitrogen and oxygen atoms in total. The number of ether oxygens (including phenoxy) is 1. The van der Waals surface area contributed by atoms with E-state index in [9.17, 15) is 14.0 Å². The molecule has 0 atom stereocenters. The number of esters is 1. The fraction of sp³-hybridized carbons (Fsp3) is 0.400. The molecule has 0 saturated heterocycles. The van der Waals surface area contributed by atoms with Crippen LogP contribution in [0.5, 0.6) is 0 Å². The predicted molar refractivity (Wildman–Crippen MR) is 99.0 cm³/mol. The number of halogens is 1. The third kappa shape index (κ3) is 5.14. The van der Waals surface area contributed by atoms with Crippen LogP contribution in [-0.2, 0) is 28.8 Å². The first-order valence-electron chi connectivity index (χ1n) is 8.91. The molecule has 3 rings (SSSR count). The van der Waals surface area contributed by atoms with E-state index in [1.54, 1.807) is 12.1 Å². The van der Waals surface area contributed by atoms with Crippen LogP contribution < -0.4 is 5.32 Å². The van der Waals surface area contributed by atoms with E-state index in [1.807, 2.05) is 6.07 Å². The van der Waals surface area contributed by atoms with E-state index < -0.39 is 5.97 Å². The highest BCUT2D eigenvalue weighted by Crippen LogP contribution is 2.29. The molecule has 0 saturated carbocycles. The van der Waals surface area contributed by atoms with E-state index in [2.05, 4.69) is 5.32 Å². The lowest BCUT2D eigenvalue weighted by molar-refractivity contribution is -0.124. The molecule has 0 radical (unpaired) electrons. The number of amides is 1. The maximum absolute atomic E-state index is 12.8. The Morgan fingerprint density at radius 2 is 1.88 bits per heavy atom. The summed E-state index contributed by atoms with van der Waals surface area (Å²) >= 11 is 1.49. The summed E-state index contributed by atoms with van der Waals surface area (Å²) in [6.07, 6.45) is 6.20. The average Bonchev–Trinajstić information content (AvgIpc) is 2.92. The molecule has 0 spiro atoms. The minimum atomic E-state index is -0.434. The summed E-state index contributed by atoms with van der Waals surface area (Å²) in [4.78, 5) is 25.8. The molecule has 1 amide bonds. The second kappa shape index (κ2) is 8.94. The van der Waals surface area contributed by atoms with Crippen LogP contribution in [0, 0.1) is 5.82 Å². The minimum Gasteiger partial charge on any atom is -0.451 e. The number of aryl methyl sites for hydroxylation is 2. The summed E-state index contributed by atoms with van der Waals surface area (Å²) < 4.78 is 18.0. The number of thiophene rings is 1. The molecule has 26 heavy (non-hydrogen) atoms. The Bertz CT molecular complexity index is 746. The first kappa shape index (κ1) is 18.6. The first-order valence-corrected chi connectivity index (χ1v) is 9.73. The SMILES string of the molecule is O=C(COC(=O)c1cc2c(s1)CCCCC2)NCCc1ccc(F)cc1. The number of nitrogens with one attached hydrogen (secondary N) is 1. The van der Waals surface area contributed by atoms with Gasteiger partial charge in [-0.2, -0.15) is 0 Å². The van der Waals surface area contributed by atoms with Crippen molar-refractivity contribution in [3.05, 3.63) is 57.0 Å². The lowest BCUT2D eigenvalue weighted by Crippen LogP contribution is -2.30. The zero-order valence-electron chi connectivity index (χ0n) is 14.6. The molecule has 1 N–H and O–H groups in total. The predicted octanol–water partition coefficient (Wildman–Crippen LogP) is 3.67. The first-order chi connectivity index (χ1) is 12.6. The molecule has 6 heteroatoms. The van der Waals surface area contributed by atoms with E-state index in [0.29, 0.717) is 17.8 Å². The molecule has 0 fully saturated rings. The van der Waals surface area contributed by atoms with E-state index in [1.165, 1.54) is 46.8 Å². The fourth-order valence-electron chi connectivity index (χ4n) is 3.02. The van der Waals surface area contributed by atoms with Gasteiger partial charge < -0.3 is 10.1 Å². The van der Waals surface area contributed by atoms with Crippen molar-refractivity contribution >= 4 is 23.2 Å². The van der Waals surface area contributed by atoms with E-state index in [-0.39, 0.29) is 18.3 Å². The zero-order valence-corrected chi connectivity index (χ0v) is 15.4. The summed E-state index contributed by atoms with van der Waals surface area (Å²) in [5.41, 5.74) is 2.19. The van der Waals surface area contributed by atoms with E-state index in [0.717, 1.165) is 24.8 Å². The second-order valence-corrected chi connectivity index (χ2v) is 7.56. The molecule has 1 aromatic carbocycles. The highest BCUT2D eigenvalue weighted by Gasteiger charge is 2.18. The van der Waals surface area contributed by atoms with Crippen molar-refractivity contribution in [2.45, 2.75) is 38.5 Å². The average molecular weight is 375 g/mol. The van der Waals surface area contributed by atoms with Crippen LogP contribution in [0.2, 0.25) is 0 Å². The molecule has 0 unspecified atom stereocenters. The monoisotopic (exact) mass is 375 g/mol. The highest BCUT2D eigenvalue weighted by atomic mass is 32.1. The van der Waals surface area contributed by atoms with Gasteiger partial charge in [-0.15, -0.1) is 11.3 Å². The van der Waals surface area contributed by atoms with Gasteiger partial charge in [-0.25, -0.2) is 9.18 Å². The third-order valence-corrected chi connectivity index (χ3v) is 5.65. The summed E-state index contributed by atoms with van der Waals surface area (Å²) in [5, 5.41) is 2.70. The lowest BCUT2D eigenvalue weighted by Gasteiger charge is -2.06. The van der Waals surface area contributed by atoms with Crippen LogP contribution in [0.25, 0.3) is 0 Å². The van der Waals surface area contributed by atoms with Gasteiger partial charge in [0.25, 0.3) is 5.91 Å². The lowest BCUT2D eigenvalue weighted by atomic mass is 10.1. The summed E-state index contributed by atoms with van der Waals surface area (Å²) in [6, 6.07) is 8.06. The minimum absolute atomic E-state index is 0.282. The molecule has 1 aromatic heterocycles. The normalized spacial score (nSPS) is 13.6. The Labute approximate surface area is 156 Å². The summed E-state index contributed by atoms with van der Waals surface area (Å²) in [6.45, 7) is 0.125. The van der Waals surface area contributed by atoms with Crippen LogP contribution in [-0.4, -0.2) is 25.0 Å². The molecule has 1 heterocycles. The highest BCUT2D eigenvalue weighted by molar-refractivity contribution is 7.14. The number of carbonyl (C=O) groups is 2. The Kier molecular flexibility index (Phi) is 6.39. The van der Waals surface area contributed by atoms with E-state index in [4.69, 9.17) is 4.74 Å². The summed E-state index contributed by atoms with van der Waals surface area (Å²) in [7, 11) is 0. The number of hydrogen-bond donors (Lipinski definition) is 1. The number of hydrogen-bond acceptors (Lipinski definition) is 4. The van der Waals surface area contributed by atoms with Crippen LogP contribution in [0.3, 0.4) is 0 Å². The molecule has 138 valence electrons. The van der Waals surface area contributed by atoms with Gasteiger partial charge in [-0.1, -0.05) is 18.6 Å². The largest absolute Gasteiger partial charge is 0.451 e. The standard InChI is InChI=1S/C20H22FNO3S/c21-16-8-6-14(7-9-16)10-11-22-19(23)13-25-20(24)18-12-15-4-2-1-3-5-17(15)26-18/h6-9,12H,1-5,10-11,13H2,(H,22,23). The van der Waals surface area contributed by atoms with Crippen molar-refractivity contribution in [3.8, 4) is 0 Å². The van der Waals surface area contributed by atoms with Crippen LogP contribution >= 0.6 is 11.3 Å². The molecule has 0 bridgehead atoms. The van der Waals surface area contributed by atoms with Gasteiger partial charge in [0.15, 0.2) is 6.61 Å². The van der Waals surface area contributed by atoms with Crippen molar-refractivity contribution in [2.24, 2.45) is 0 Å². The maximum atomic E-state index is 12.8. The van der Waals surface area contributed by atoms with Gasteiger partial charge in [-0.05, 0) is 61.4 Å². The van der Waals surface area contributed by atoms with Crippen LogP contribution in [0.4, 0.5) is 4.39 Å². The number of rotatable bonds is 6. The van der Waals surface area contributed by atoms with Crippen molar-refractivity contribution < 1.29 is 18.7 Å². The quantitative estimate of drug-likeness (QED) is 0.619. The van der Waals surface area contributed by atoms with Crippen molar-refractivity contribution in [3.63, 3.8) is 0 Å². The molecule has 2 aromatic rings. The number of fused-ring (bicyclic) bond motifs is 1. The van der Waals surface area contributed by atoms with E-state index >= 15 is 0 Å². The zero-order chi connectivity index (χ0) is 18.4. The molecule has 1 aliphatic carbocycles.